The molecule has 2 aliphatic rings. The van der Waals surface area contributed by atoms with E-state index in [2.05, 4.69) is 9.97 Å². The molecule has 0 bridgehead atoms. The van der Waals surface area contributed by atoms with E-state index in [0.29, 0.717) is 17.4 Å². The molecule has 0 atom stereocenters. The Morgan fingerprint density at radius 1 is 1.50 bits per heavy atom. The molecule has 0 fully saturated rings. The first-order valence-corrected chi connectivity index (χ1v) is 2.82. The van der Waals surface area contributed by atoms with Gasteiger partial charge >= 0.3 is 0 Å². The van der Waals surface area contributed by atoms with Crippen LogP contribution in [0.3, 0.4) is 0 Å². The van der Waals surface area contributed by atoms with Crippen LogP contribution in [0.2, 0.25) is 0 Å². The van der Waals surface area contributed by atoms with E-state index in [-0.39, 0.29) is 0 Å². The van der Waals surface area contributed by atoms with Gasteiger partial charge in [-0.1, -0.05) is 0 Å². The van der Waals surface area contributed by atoms with Crippen LogP contribution in [0.25, 0.3) is 11.6 Å². The number of fused-ring (bicyclic) bond motifs is 1. The molecule has 0 saturated heterocycles. The maximum atomic E-state index is 5.34. The second-order valence-corrected chi connectivity index (χ2v) is 1.91. The molecule has 4 heteroatoms. The van der Waals surface area contributed by atoms with E-state index in [4.69, 9.17) is 10.2 Å². The van der Waals surface area contributed by atoms with Crippen molar-refractivity contribution in [2.24, 2.45) is 0 Å². The Balaban J connectivity index is 2.75. The Kier molecular flexibility index (Phi) is 0.887. The molecule has 0 spiro atoms. The highest BCUT2D eigenvalue weighted by Crippen LogP contribution is 2.17. The fourth-order valence-corrected chi connectivity index (χ4v) is 0.762. The molecule has 4 nitrogen and oxygen atoms in total. The standard InChI is InChI=1S/C6H5N3O/c7-5-3-10-4-1-2-8-6(4)9-5/h1-3H,7H2. The summed E-state index contributed by atoms with van der Waals surface area (Å²) in [7, 11) is 0. The minimum absolute atomic E-state index is 0.353. The average Bonchev–Trinajstić information content (AvgIpc) is 2.33. The van der Waals surface area contributed by atoms with E-state index in [0.717, 1.165) is 0 Å². The zero-order chi connectivity index (χ0) is 6.97. The topological polar surface area (TPSA) is 64.9 Å². The highest BCUT2D eigenvalue weighted by Gasteiger charge is 2.06. The van der Waals surface area contributed by atoms with Gasteiger partial charge in [0.2, 0.25) is 0 Å². The second-order valence-electron chi connectivity index (χ2n) is 1.91. The molecule has 2 heterocycles. The lowest BCUT2D eigenvalue weighted by Crippen LogP contribution is -1.91. The van der Waals surface area contributed by atoms with Gasteiger partial charge in [-0.25, -0.2) is 9.97 Å². The minimum Gasteiger partial charge on any atom is -0.457 e. The predicted octanol–water partition coefficient (Wildman–Crippen LogP) is 0.757. The molecular weight excluding hydrogens is 130 g/mol. The van der Waals surface area contributed by atoms with Gasteiger partial charge in [0.05, 0.1) is 0 Å². The molecule has 2 aliphatic heterocycles. The Morgan fingerprint density at radius 2 is 2.40 bits per heavy atom. The number of anilines is 1. The molecule has 10 heavy (non-hydrogen) atoms. The molecule has 2 rings (SSSR count). The molecule has 0 aromatic carbocycles. The summed E-state index contributed by atoms with van der Waals surface area (Å²) in [5.41, 5.74) is 5.34. The molecule has 0 unspecified atom stereocenters. The third-order valence-corrected chi connectivity index (χ3v) is 1.18. The minimum atomic E-state index is 0.353. The van der Waals surface area contributed by atoms with E-state index in [1.165, 1.54) is 6.26 Å². The van der Waals surface area contributed by atoms with Crippen molar-refractivity contribution in [1.82, 2.24) is 9.97 Å². The quantitative estimate of drug-likeness (QED) is 0.579. The maximum Gasteiger partial charge on any atom is 0.197 e. The summed E-state index contributed by atoms with van der Waals surface area (Å²) in [6.07, 6.45) is 3.02. The van der Waals surface area contributed by atoms with Gasteiger partial charge in [-0.2, -0.15) is 0 Å². The highest BCUT2D eigenvalue weighted by atomic mass is 16.3. The van der Waals surface area contributed by atoms with Crippen molar-refractivity contribution in [3.05, 3.63) is 18.5 Å². The summed E-state index contributed by atoms with van der Waals surface area (Å²) in [6.45, 7) is 0. The second kappa shape index (κ2) is 1.70. The first-order chi connectivity index (χ1) is 4.86. The Labute approximate surface area is 57.0 Å². The Morgan fingerprint density at radius 3 is 3.30 bits per heavy atom. The van der Waals surface area contributed by atoms with Gasteiger partial charge in [0, 0.05) is 12.3 Å². The van der Waals surface area contributed by atoms with Crippen molar-refractivity contribution >= 4 is 5.82 Å². The van der Waals surface area contributed by atoms with E-state index in [1.807, 2.05) is 0 Å². The maximum absolute atomic E-state index is 5.34. The third-order valence-electron chi connectivity index (χ3n) is 1.18. The molecule has 0 saturated carbocycles. The van der Waals surface area contributed by atoms with Crippen molar-refractivity contribution < 1.29 is 4.42 Å². The van der Waals surface area contributed by atoms with Crippen LogP contribution in [0.4, 0.5) is 5.82 Å². The van der Waals surface area contributed by atoms with E-state index >= 15 is 0 Å². The van der Waals surface area contributed by atoms with Gasteiger partial charge in [-0.15, -0.1) is 0 Å². The van der Waals surface area contributed by atoms with Crippen molar-refractivity contribution in [2.75, 3.05) is 5.73 Å². The Bertz CT molecular complexity index is 317. The van der Waals surface area contributed by atoms with Gasteiger partial charge in [0.1, 0.15) is 6.26 Å². The summed E-state index contributed by atoms with van der Waals surface area (Å²) in [6, 6.07) is 1.74. The van der Waals surface area contributed by atoms with Crippen molar-refractivity contribution in [2.45, 2.75) is 0 Å². The van der Waals surface area contributed by atoms with Gasteiger partial charge in [-0.05, 0) is 0 Å². The van der Waals surface area contributed by atoms with Gasteiger partial charge in [-0.3, -0.25) is 0 Å². The number of aromatic nitrogens is 2. The lowest BCUT2D eigenvalue weighted by molar-refractivity contribution is 0.560. The summed E-state index contributed by atoms with van der Waals surface area (Å²) in [5.74, 6) is 1.57. The number of nitrogens with zero attached hydrogens (tertiary/aromatic N) is 2. The normalized spacial score (nSPS) is 10.4. The van der Waals surface area contributed by atoms with Gasteiger partial charge < -0.3 is 10.2 Å². The predicted molar refractivity (Wildman–Crippen MR) is 35.3 cm³/mol. The van der Waals surface area contributed by atoms with E-state index in [1.54, 1.807) is 12.3 Å². The molecule has 50 valence electrons. The molecular formula is C6H5N3O. The Hall–Kier alpha value is -1.58. The molecule has 0 aliphatic carbocycles. The first kappa shape index (κ1) is 5.22. The van der Waals surface area contributed by atoms with Gasteiger partial charge in [0.15, 0.2) is 17.4 Å². The number of nitrogen functional groups attached to an aromatic ring is 1. The molecule has 0 radical (unpaired) electrons. The molecule has 0 aromatic rings. The lowest BCUT2D eigenvalue weighted by atomic mass is 10.5. The van der Waals surface area contributed by atoms with Crippen LogP contribution in [0, 0.1) is 0 Å². The zero-order valence-corrected chi connectivity index (χ0v) is 5.11. The molecule has 0 amide bonds. The van der Waals surface area contributed by atoms with Crippen molar-refractivity contribution in [3.8, 4) is 11.6 Å². The third kappa shape index (κ3) is 0.621. The van der Waals surface area contributed by atoms with Crippen LogP contribution in [0.5, 0.6) is 0 Å². The van der Waals surface area contributed by atoms with Crippen molar-refractivity contribution in [3.63, 3.8) is 0 Å². The smallest absolute Gasteiger partial charge is 0.197 e. The van der Waals surface area contributed by atoms with Crippen LogP contribution in [-0.4, -0.2) is 9.97 Å². The summed E-state index contributed by atoms with van der Waals surface area (Å²) in [4.78, 5) is 7.80. The van der Waals surface area contributed by atoms with Crippen LogP contribution in [0.1, 0.15) is 0 Å². The average molecular weight is 135 g/mol. The number of hydrogen-bond acceptors (Lipinski definition) is 4. The fraction of sp³-hybridized carbons (Fsp3) is 0. The fourth-order valence-electron chi connectivity index (χ4n) is 0.762. The number of nitrogens with two attached hydrogens (primary N) is 1. The van der Waals surface area contributed by atoms with Crippen LogP contribution in [0.15, 0.2) is 22.9 Å². The van der Waals surface area contributed by atoms with Crippen molar-refractivity contribution in [1.29, 1.82) is 0 Å². The summed E-state index contributed by atoms with van der Waals surface area (Å²) >= 11 is 0. The monoisotopic (exact) mass is 135 g/mol. The van der Waals surface area contributed by atoms with E-state index < -0.39 is 0 Å². The molecule has 2 N–H and O–H groups in total. The number of hydrogen-bond donors (Lipinski definition) is 1. The van der Waals surface area contributed by atoms with Crippen LogP contribution >= 0.6 is 0 Å². The highest BCUT2D eigenvalue weighted by molar-refractivity contribution is 5.50. The van der Waals surface area contributed by atoms with Gasteiger partial charge in [0.25, 0.3) is 0 Å². The number of rotatable bonds is 0. The largest absolute Gasteiger partial charge is 0.457 e. The molecule has 0 aromatic heterocycles. The first-order valence-electron chi connectivity index (χ1n) is 2.82. The van der Waals surface area contributed by atoms with Crippen LogP contribution < -0.4 is 5.73 Å². The van der Waals surface area contributed by atoms with Crippen LogP contribution in [-0.2, 0) is 0 Å². The summed E-state index contributed by atoms with van der Waals surface area (Å²) in [5, 5.41) is 0. The lowest BCUT2D eigenvalue weighted by Gasteiger charge is -1.94. The van der Waals surface area contributed by atoms with E-state index in [9.17, 15) is 0 Å². The SMILES string of the molecule is Nc1coc2ccnc-2n1. The zero-order valence-electron chi connectivity index (χ0n) is 5.11. The summed E-state index contributed by atoms with van der Waals surface area (Å²) < 4.78 is 5.03.